The number of carboxylic acids is 1. The molecule has 3 nitrogen and oxygen atoms in total. The first-order chi connectivity index (χ1) is 8.08. The van der Waals surface area contributed by atoms with Crippen molar-refractivity contribution in [2.75, 3.05) is 0 Å². The van der Waals surface area contributed by atoms with E-state index in [4.69, 9.17) is 5.11 Å². The van der Waals surface area contributed by atoms with Crippen LogP contribution in [-0.2, 0) is 4.79 Å². The van der Waals surface area contributed by atoms with Crippen molar-refractivity contribution < 1.29 is 23.4 Å². The Kier molecular flexibility index (Phi) is 3.26. The summed E-state index contributed by atoms with van der Waals surface area (Å²) in [5.41, 5.74) is 0.640. The van der Waals surface area contributed by atoms with E-state index in [1.807, 2.05) is 0 Å². The monoisotopic (exact) mass is 242 g/mol. The minimum absolute atomic E-state index is 0.0451. The molecule has 1 aliphatic rings. The fourth-order valence-corrected chi connectivity index (χ4v) is 1.90. The van der Waals surface area contributed by atoms with Crippen LogP contribution in [0.25, 0.3) is 0 Å². The van der Waals surface area contributed by atoms with E-state index < -0.39 is 18.5 Å². The van der Waals surface area contributed by atoms with E-state index in [9.17, 15) is 13.6 Å². The van der Waals surface area contributed by atoms with E-state index >= 15 is 0 Å². The third kappa shape index (κ3) is 2.93. The lowest BCUT2D eigenvalue weighted by Gasteiger charge is -2.12. The van der Waals surface area contributed by atoms with Crippen molar-refractivity contribution in [1.29, 1.82) is 0 Å². The summed E-state index contributed by atoms with van der Waals surface area (Å²) in [6.45, 7) is -2.86. The molecule has 1 fully saturated rings. The highest BCUT2D eigenvalue weighted by Crippen LogP contribution is 2.43. The first-order valence-electron chi connectivity index (χ1n) is 5.35. The van der Waals surface area contributed by atoms with Crippen LogP contribution in [0, 0.1) is 5.92 Å². The van der Waals surface area contributed by atoms with E-state index in [0.29, 0.717) is 5.56 Å². The van der Waals surface area contributed by atoms with Crippen molar-refractivity contribution in [2.45, 2.75) is 25.4 Å². The molecule has 92 valence electrons. The predicted octanol–water partition coefficient (Wildman–Crippen LogP) is 2.87. The first-order valence-corrected chi connectivity index (χ1v) is 5.35. The Morgan fingerprint density at radius 3 is 2.29 bits per heavy atom. The van der Waals surface area contributed by atoms with Crippen molar-refractivity contribution >= 4 is 5.97 Å². The highest BCUT2D eigenvalue weighted by molar-refractivity contribution is 5.77. The molecule has 17 heavy (non-hydrogen) atoms. The van der Waals surface area contributed by atoms with Crippen LogP contribution in [0.15, 0.2) is 24.3 Å². The van der Waals surface area contributed by atoms with Gasteiger partial charge >= 0.3 is 12.6 Å². The normalized spacial score (nSPS) is 16.9. The van der Waals surface area contributed by atoms with Gasteiger partial charge in [0.2, 0.25) is 0 Å². The minimum atomic E-state index is -2.86. The van der Waals surface area contributed by atoms with Gasteiger partial charge in [0, 0.05) is 0 Å². The topological polar surface area (TPSA) is 46.5 Å². The van der Waals surface area contributed by atoms with E-state index in [-0.39, 0.29) is 11.7 Å². The zero-order valence-corrected chi connectivity index (χ0v) is 8.98. The quantitative estimate of drug-likeness (QED) is 0.863. The number of alkyl halides is 2. The molecule has 0 aliphatic heterocycles. The molecular formula is C12H12F2O3. The van der Waals surface area contributed by atoms with Crippen LogP contribution in [0.2, 0.25) is 0 Å². The molecule has 0 bridgehead atoms. The van der Waals surface area contributed by atoms with Crippen molar-refractivity contribution in [2.24, 2.45) is 5.92 Å². The number of carbonyl (C=O) groups is 1. The standard InChI is InChI=1S/C12H12F2O3/c13-12(14)17-9-5-3-8(4-6-9)10(11(15)16)7-1-2-7/h3-7,10,12H,1-2H2,(H,15,16). The Morgan fingerprint density at radius 1 is 1.29 bits per heavy atom. The number of benzene rings is 1. The zero-order valence-electron chi connectivity index (χ0n) is 8.98. The maximum Gasteiger partial charge on any atom is 0.387 e. The molecule has 1 aromatic rings. The maximum absolute atomic E-state index is 11.9. The Balaban J connectivity index is 2.13. The molecule has 1 N–H and O–H groups in total. The molecule has 0 aromatic heterocycles. The lowest BCUT2D eigenvalue weighted by Crippen LogP contribution is -2.13. The van der Waals surface area contributed by atoms with Crippen LogP contribution in [0.4, 0.5) is 8.78 Å². The number of halogens is 2. The Morgan fingerprint density at radius 2 is 1.88 bits per heavy atom. The Hall–Kier alpha value is -1.65. The second-order valence-electron chi connectivity index (χ2n) is 4.10. The summed E-state index contributed by atoms with van der Waals surface area (Å²) in [6.07, 6.45) is 1.82. The van der Waals surface area contributed by atoms with Crippen molar-refractivity contribution in [3.8, 4) is 5.75 Å². The van der Waals surface area contributed by atoms with E-state index in [2.05, 4.69) is 4.74 Å². The van der Waals surface area contributed by atoms with Gasteiger partial charge < -0.3 is 9.84 Å². The summed E-state index contributed by atoms with van der Waals surface area (Å²) in [6, 6.07) is 5.82. The van der Waals surface area contributed by atoms with Gasteiger partial charge in [0.15, 0.2) is 0 Å². The molecule has 0 spiro atoms. The number of rotatable bonds is 5. The summed E-state index contributed by atoms with van der Waals surface area (Å²) in [5, 5.41) is 9.10. The maximum atomic E-state index is 11.9. The average molecular weight is 242 g/mol. The number of ether oxygens (including phenoxy) is 1. The summed E-state index contributed by atoms with van der Waals surface area (Å²) in [5.74, 6) is -1.18. The lowest BCUT2D eigenvalue weighted by atomic mass is 9.94. The fourth-order valence-electron chi connectivity index (χ4n) is 1.90. The molecule has 0 amide bonds. The molecule has 1 aromatic carbocycles. The van der Waals surface area contributed by atoms with Gasteiger partial charge in [-0.3, -0.25) is 4.79 Å². The van der Waals surface area contributed by atoms with Crippen LogP contribution in [0.5, 0.6) is 5.75 Å². The van der Waals surface area contributed by atoms with Crippen LogP contribution < -0.4 is 4.74 Å². The van der Waals surface area contributed by atoms with Gasteiger partial charge in [0.1, 0.15) is 5.75 Å². The van der Waals surface area contributed by atoms with E-state index in [1.54, 1.807) is 0 Å². The minimum Gasteiger partial charge on any atom is -0.481 e. The molecule has 0 radical (unpaired) electrons. The second-order valence-corrected chi connectivity index (χ2v) is 4.10. The highest BCUT2D eigenvalue weighted by atomic mass is 19.3. The molecular weight excluding hydrogens is 230 g/mol. The van der Waals surface area contributed by atoms with Crippen molar-refractivity contribution in [1.82, 2.24) is 0 Å². The largest absolute Gasteiger partial charge is 0.481 e. The van der Waals surface area contributed by atoms with Gasteiger partial charge in [-0.2, -0.15) is 8.78 Å². The number of hydrogen-bond donors (Lipinski definition) is 1. The van der Waals surface area contributed by atoms with Gasteiger partial charge in [-0.1, -0.05) is 12.1 Å². The van der Waals surface area contributed by atoms with E-state index in [0.717, 1.165) is 12.8 Å². The first kappa shape index (κ1) is 11.8. The van der Waals surface area contributed by atoms with Crippen LogP contribution in [0.1, 0.15) is 24.3 Å². The third-order valence-corrected chi connectivity index (χ3v) is 2.82. The molecule has 1 saturated carbocycles. The second kappa shape index (κ2) is 4.69. The van der Waals surface area contributed by atoms with Gasteiger partial charge in [-0.15, -0.1) is 0 Å². The summed E-state index contributed by atoms with van der Waals surface area (Å²) in [4.78, 5) is 11.1. The molecule has 2 rings (SSSR count). The SMILES string of the molecule is O=C(O)C(c1ccc(OC(F)F)cc1)C1CC1. The molecule has 1 unspecified atom stereocenters. The Labute approximate surface area is 97.0 Å². The van der Waals surface area contributed by atoms with Crippen LogP contribution in [-0.4, -0.2) is 17.7 Å². The van der Waals surface area contributed by atoms with Crippen LogP contribution in [0.3, 0.4) is 0 Å². The fraction of sp³-hybridized carbons (Fsp3) is 0.417. The Bertz CT molecular complexity index is 399. The molecule has 1 atom stereocenters. The molecule has 5 heteroatoms. The van der Waals surface area contributed by atoms with E-state index in [1.165, 1.54) is 24.3 Å². The predicted molar refractivity (Wildman–Crippen MR) is 56.2 cm³/mol. The van der Waals surface area contributed by atoms with Gasteiger partial charge in [-0.05, 0) is 36.5 Å². The zero-order chi connectivity index (χ0) is 12.4. The third-order valence-electron chi connectivity index (χ3n) is 2.82. The van der Waals surface area contributed by atoms with Gasteiger partial charge in [0.25, 0.3) is 0 Å². The van der Waals surface area contributed by atoms with Crippen molar-refractivity contribution in [3.05, 3.63) is 29.8 Å². The van der Waals surface area contributed by atoms with Gasteiger partial charge in [0.05, 0.1) is 5.92 Å². The summed E-state index contributed by atoms with van der Waals surface area (Å²) < 4.78 is 28.1. The lowest BCUT2D eigenvalue weighted by molar-refractivity contribution is -0.139. The molecule has 1 aliphatic carbocycles. The smallest absolute Gasteiger partial charge is 0.387 e. The molecule has 0 saturated heterocycles. The average Bonchev–Trinajstić information content (AvgIpc) is 3.04. The molecule has 0 heterocycles. The van der Waals surface area contributed by atoms with Gasteiger partial charge in [-0.25, -0.2) is 0 Å². The number of aliphatic carboxylic acids is 1. The summed E-state index contributed by atoms with van der Waals surface area (Å²) >= 11 is 0. The van der Waals surface area contributed by atoms with Crippen LogP contribution >= 0.6 is 0 Å². The number of carboxylic acid groups (broad SMARTS) is 1. The van der Waals surface area contributed by atoms with Crippen molar-refractivity contribution in [3.63, 3.8) is 0 Å². The summed E-state index contributed by atoms with van der Waals surface area (Å²) in [7, 11) is 0. The number of hydrogen-bond acceptors (Lipinski definition) is 2. The highest BCUT2D eigenvalue weighted by Gasteiger charge is 2.37.